The SMILES string of the molecule is O=C(O)CCC(=O)Nc1ccccc1NC1CCCCC1. The zero-order valence-corrected chi connectivity index (χ0v) is 12.1. The van der Waals surface area contributed by atoms with Crippen molar-refractivity contribution < 1.29 is 14.7 Å². The Morgan fingerprint density at radius 2 is 1.71 bits per heavy atom. The van der Waals surface area contributed by atoms with Crippen LogP contribution in [0, 0.1) is 0 Å². The molecule has 1 aliphatic rings. The highest BCUT2D eigenvalue weighted by Gasteiger charge is 2.15. The van der Waals surface area contributed by atoms with Crippen molar-refractivity contribution in [3.05, 3.63) is 24.3 Å². The summed E-state index contributed by atoms with van der Waals surface area (Å²) in [6, 6.07) is 8.03. The minimum atomic E-state index is -0.959. The highest BCUT2D eigenvalue weighted by molar-refractivity contribution is 5.95. The molecule has 21 heavy (non-hydrogen) atoms. The Labute approximate surface area is 124 Å². The number of nitrogens with one attached hydrogen (secondary N) is 2. The predicted octanol–water partition coefficient (Wildman–Crippen LogP) is 3.23. The molecule has 1 aliphatic carbocycles. The Bertz CT molecular complexity index is 496. The van der Waals surface area contributed by atoms with Crippen molar-refractivity contribution in [2.24, 2.45) is 0 Å². The molecule has 1 fully saturated rings. The van der Waals surface area contributed by atoms with Gasteiger partial charge in [-0.05, 0) is 25.0 Å². The van der Waals surface area contributed by atoms with Crippen molar-refractivity contribution >= 4 is 23.3 Å². The van der Waals surface area contributed by atoms with Crippen LogP contribution < -0.4 is 10.6 Å². The van der Waals surface area contributed by atoms with E-state index in [0.29, 0.717) is 6.04 Å². The number of carboxylic acids is 1. The second-order valence-electron chi connectivity index (χ2n) is 5.47. The summed E-state index contributed by atoms with van der Waals surface area (Å²) in [5, 5.41) is 14.9. The fraction of sp³-hybridized carbons (Fsp3) is 0.500. The molecule has 0 aliphatic heterocycles. The van der Waals surface area contributed by atoms with Gasteiger partial charge < -0.3 is 15.7 Å². The van der Waals surface area contributed by atoms with Crippen LogP contribution in [-0.4, -0.2) is 23.0 Å². The van der Waals surface area contributed by atoms with E-state index in [9.17, 15) is 9.59 Å². The maximum absolute atomic E-state index is 11.8. The van der Waals surface area contributed by atoms with Gasteiger partial charge in [-0.1, -0.05) is 31.4 Å². The van der Waals surface area contributed by atoms with E-state index in [-0.39, 0.29) is 18.7 Å². The molecule has 5 nitrogen and oxygen atoms in total. The van der Waals surface area contributed by atoms with Gasteiger partial charge in [0.15, 0.2) is 0 Å². The van der Waals surface area contributed by atoms with Gasteiger partial charge in [-0.15, -0.1) is 0 Å². The monoisotopic (exact) mass is 290 g/mol. The molecule has 1 aromatic rings. The smallest absolute Gasteiger partial charge is 0.303 e. The van der Waals surface area contributed by atoms with Crippen molar-refractivity contribution in [1.82, 2.24) is 0 Å². The van der Waals surface area contributed by atoms with E-state index in [1.165, 1.54) is 19.3 Å². The summed E-state index contributed by atoms with van der Waals surface area (Å²) in [5.74, 6) is -1.23. The van der Waals surface area contributed by atoms with E-state index in [4.69, 9.17) is 5.11 Å². The number of rotatable bonds is 6. The van der Waals surface area contributed by atoms with Crippen LogP contribution in [0.3, 0.4) is 0 Å². The van der Waals surface area contributed by atoms with Gasteiger partial charge in [-0.25, -0.2) is 0 Å². The van der Waals surface area contributed by atoms with Crippen LogP contribution in [0.4, 0.5) is 11.4 Å². The van der Waals surface area contributed by atoms with Gasteiger partial charge in [0.25, 0.3) is 0 Å². The molecule has 0 radical (unpaired) electrons. The van der Waals surface area contributed by atoms with Crippen LogP contribution in [0.25, 0.3) is 0 Å². The third-order valence-corrected chi connectivity index (χ3v) is 3.73. The van der Waals surface area contributed by atoms with Gasteiger partial charge in [0, 0.05) is 12.5 Å². The highest BCUT2D eigenvalue weighted by atomic mass is 16.4. The Hall–Kier alpha value is -2.04. The molecular weight excluding hydrogens is 268 g/mol. The number of amides is 1. The first-order valence-electron chi connectivity index (χ1n) is 7.52. The molecule has 1 saturated carbocycles. The number of hydrogen-bond donors (Lipinski definition) is 3. The quantitative estimate of drug-likeness (QED) is 0.751. The first-order chi connectivity index (χ1) is 10.1. The Morgan fingerprint density at radius 1 is 1.05 bits per heavy atom. The zero-order chi connectivity index (χ0) is 15.1. The zero-order valence-electron chi connectivity index (χ0n) is 12.1. The first-order valence-corrected chi connectivity index (χ1v) is 7.52. The lowest BCUT2D eigenvalue weighted by atomic mass is 9.95. The van der Waals surface area contributed by atoms with E-state index in [1.54, 1.807) is 0 Å². The lowest BCUT2D eigenvalue weighted by Crippen LogP contribution is -2.23. The maximum Gasteiger partial charge on any atom is 0.303 e. The van der Waals surface area contributed by atoms with E-state index < -0.39 is 5.97 Å². The molecule has 0 aromatic heterocycles. The molecular formula is C16H22N2O3. The molecule has 0 spiro atoms. The number of benzene rings is 1. The van der Waals surface area contributed by atoms with Crippen molar-refractivity contribution in [3.63, 3.8) is 0 Å². The van der Waals surface area contributed by atoms with Crippen LogP contribution in [0.15, 0.2) is 24.3 Å². The van der Waals surface area contributed by atoms with E-state index in [0.717, 1.165) is 24.2 Å². The fourth-order valence-electron chi connectivity index (χ4n) is 2.62. The van der Waals surface area contributed by atoms with Gasteiger partial charge in [0.05, 0.1) is 17.8 Å². The van der Waals surface area contributed by atoms with Gasteiger partial charge in [0.1, 0.15) is 0 Å². The van der Waals surface area contributed by atoms with E-state index >= 15 is 0 Å². The average molecular weight is 290 g/mol. The lowest BCUT2D eigenvalue weighted by molar-refractivity contribution is -0.138. The number of para-hydroxylation sites is 2. The molecule has 0 heterocycles. The summed E-state index contributed by atoms with van der Waals surface area (Å²) in [6.07, 6.45) is 5.93. The minimum Gasteiger partial charge on any atom is -0.481 e. The summed E-state index contributed by atoms with van der Waals surface area (Å²) in [4.78, 5) is 22.3. The number of hydrogen-bond acceptors (Lipinski definition) is 3. The number of anilines is 2. The predicted molar refractivity (Wildman–Crippen MR) is 82.4 cm³/mol. The van der Waals surface area contributed by atoms with Crippen molar-refractivity contribution in [2.75, 3.05) is 10.6 Å². The van der Waals surface area contributed by atoms with Gasteiger partial charge >= 0.3 is 5.97 Å². The van der Waals surface area contributed by atoms with Crippen LogP contribution in [0.2, 0.25) is 0 Å². The molecule has 3 N–H and O–H groups in total. The van der Waals surface area contributed by atoms with E-state index in [2.05, 4.69) is 10.6 Å². The third-order valence-electron chi connectivity index (χ3n) is 3.73. The molecule has 1 aromatic carbocycles. The number of carbonyl (C=O) groups excluding carboxylic acids is 1. The second-order valence-corrected chi connectivity index (χ2v) is 5.47. The van der Waals surface area contributed by atoms with Gasteiger partial charge in [-0.3, -0.25) is 9.59 Å². The largest absolute Gasteiger partial charge is 0.481 e. The summed E-state index contributed by atoms with van der Waals surface area (Å²) < 4.78 is 0. The molecule has 2 rings (SSSR count). The van der Waals surface area contributed by atoms with Gasteiger partial charge in [0.2, 0.25) is 5.91 Å². The molecule has 0 unspecified atom stereocenters. The fourth-order valence-corrected chi connectivity index (χ4v) is 2.62. The van der Waals surface area contributed by atoms with Crippen LogP contribution in [0.5, 0.6) is 0 Å². The summed E-state index contributed by atoms with van der Waals surface area (Å²) >= 11 is 0. The van der Waals surface area contributed by atoms with Crippen LogP contribution in [0.1, 0.15) is 44.9 Å². The molecule has 0 saturated heterocycles. The summed E-state index contributed by atoms with van der Waals surface area (Å²) in [7, 11) is 0. The Morgan fingerprint density at radius 3 is 2.38 bits per heavy atom. The topological polar surface area (TPSA) is 78.4 Å². The normalized spacial score (nSPS) is 15.4. The van der Waals surface area contributed by atoms with Crippen molar-refractivity contribution in [1.29, 1.82) is 0 Å². The van der Waals surface area contributed by atoms with Crippen molar-refractivity contribution in [2.45, 2.75) is 51.0 Å². The van der Waals surface area contributed by atoms with Gasteiger partial charge in [-0.2, -0.15) is 0 Å². The molecule has 0 atom stereocenters. The minimum absolute atomic E-state index is 0.00685. The average Bonchev–Trinajstić information content (AvgIpc) is 2.48. The Balaban J connectivity index is 1.95. The number of carbonyl (C=O) groups is 2. The van der Waals surface area contributed by atoms with Crippen LogP contribution >= 0.6 is 0 Å². The number of aliphatic carboxylic acids is 1. The maximum atomic E-state index is 11.8. The first kappa shape index (κ1) is 15.4. The molecule has 0 bridgehead atoms. The Kier molecular flexibility index (Phi) is 5.60. The number of carboxylic acid groups (broad SMARTS) is 1. The van der Waals surface area contributed by atoms with Crippen LogP contribution in [-0.2, 0) is 9.59 Å². The third kappa shape index (κ3) is 5.10. The molecule has 114 valence electrons. The lowest BCUT2D eigenvalue weighted by Gasteiger charge is -2.25. The highest BCUT2D eigenvalue weighted by Crippen LogP contribution is 2.26. The van der Waals surface area contributed by atoms with Crippen molar-refractivity contribution in [3.8, 4) is 0 Å². The molecule has 1 amide bonds. The summed E-state index contributed by atoms with van der Waals surface area (Å²) in [5.41, 5.74) is 1.63. The molecule has 5 heteroatoms. The van der Waals surface area contributed by atoms with E-state index in [1.807, 2.05) is 24.3 Å². The second kappa shape index (κ2) is 7.67. The summed E-state index contributed by atoms with van der Waals surface area (Å²) in [6.45, 7) is 0. The standard InChI is InChI=1S/C16H22N2O3/c19-15(10-11-16(20)21)18-14-9-5-4-8-13(14)17-12-6-2-1-3-7-12/h4-5,8-9,12,17H,1-3,6-7,10-11H2,(H,18,19)(H,20,21).